The van der Waals surface area contributed by atoms with Gasteiger partial charge in [-0.15, -0.1) is 0 Å². The highest BCUT2D eigenvalue weighted by atomic mass is 32.2. The van der Waals surface area contributed by atoms with Crippen molar-refractivity contribution in [1.29, 1.82) is 0 Å². The van der Waals surface area contributed by atoms with Gasteiger partial charge in [-0.1, -0.05) is 12.1 Å². The van der Waals surface area contributed by atoms with Crippen LogP contribution in [0.4, 0.5) is 0 Å². The number of hydrogen-bond acceptors (Lipinski definition) is 5. The van der Waals surface area contributed by atoms with E-state index in [9.17, 15) is 18.0 Å². The fourth-order valence-electron chi connectivity index (χ4n) is 3.10. The number of furan rings is 1. The SMILES string of the molecule is CC(=O)c1ccc(S(=O)(=O)N2CCC(C(=O)NCc3ccoc3)CC2)cc1. The van der Waals surface area contributed by atoms with Crippen LogP contribution in [0.5, 0.6) is 0 Å². The van der Waals surface area contributed by atoms with Crippen LogP contribution in [0.15, 0.2) is 52.2 Å². The second-order valence-corrected chi connectivity index (χ2v) is 8.55. The van der Waals surface area contributed by atoms with Crippen LogP contribution in [0.2, 0.25) is 0 Å². The monoisotopic (exact) mass is 390 g/mol. The number of rotatable bonds is 6. The first-order chi connectivity index (χ1) is 12.9. The van der Waals surface area contributed by atoms with E-state index in [4.69, 9.17) is 4.42 Å². The summed E-state index contributed by atoms with van der Waals surface area (Å²) in [4.78, 5) is 23.8. The third-order valence-corrected chi connectivity index (χ3v) is 6.68. The minimum absolute atomic E-state index is 0.0703. The average molecular weight is 390 g/mol. The Labute approximate surface area is 158 Å². The zero-order valence-electron chi connectivity index (χ0n) is 15.1. The summed E-state index contributed by atoms with van der Waals surface area (Å²) < 4.78 is 31.9. The summed E-state index contributed by atoms with van der Waals surface area (Å²) in [6.45, 7) is 2.42. The van der Waals surface area contributed by atoms with Gasteiger partial charge in [-0.3, -0.25) is 9.59 Å². The van der Waals surface area contributed by atoms with Gasteiger partial charge in [0.15, 0.2) is 5.78 Å². The van der Waals surface area contributed by atoms with Crippen LogP contribution in [0, 0.1) is 5.92 Å². The number of carbonyl (C=O) groups excluding carboxylic acids is 2. The Kier molecular flexibility index (Phi) is 5.76. The number of sulfonamides is 1. The molecule has 2 heterocycles. The highest BCUT2D eigenvalue weighted by Crippen LogP contribution is 2.24. The van der Waals surface area contributed by atoms with E-state index in [0.29, 0.717) is 38.0 Å². The van der Waals surface area contributed by atoms with Crippen molar-refractivity contribution in [1.82, 2.24) is 9.62 Å². The summed E-state index contributed by atoms with van der Waals surface area (Å²) in [5.41, 5.74) is 1.36. The van der Waals surface area contributed by atoms with Crippen molar-refractivity contribution in [2.75, 3.05) is 13.1 Å². The molecule has 1 aromatic carbocycles. The molecule has 144 valence electrons. The van der Waals surface area contributed by atoms with E-state index in [1.807, 2.05) is 0 Å². The van der Waals surface area contributed by atoms with E-state index in [1.165, 1.54) is 35.5 Å². The van der Waals surface area contributed by atoms with Crippen molar-refractivity contribution < 1.29 is 22.4 Å². The number of benzene rings is 1. The van der Waals surface area contributed by atoms with E-state index in [-0.39, 0.29) is 22.5 Å². The van der Waals surface area contributed by atoms with Crippen LogP contribution in [0.1, 0.15) is 35.7 Å². The van der Waals surface area contributed by atoms with Crippen LogP contribution in [0.25, 0.3) is 0 Å². The summed E-state index contributed by atoms with van der Waals surface area (Å²) in [5, 5.41) is 2.86. The number of carbonyl (C=O) groups is 2. The maximum Gasteiger partial charge on any atom is 0.243 e. The fraction of sp³-hybridized carbons (Fsp3) is 0.368. The minimum Gasteiger partial charge on any atom is -0.472 e. The lowest BCUT2D eigenvalue weighted by atomic mass is 9.97. The molecule has 8 heteroatoms. The molecule has 1 fully saturated rings. The molecule has 1 aliphatic heterocycles. The molecular weight excluding hydrogens is 368 g/mol. The summed E-state index contributed by atoms with van der Waals surface area (Å²) in [6, 6.07) is 7.73. The molecule has 1 saturated heterocycles. The zero-order valence-corrected chi connectivity index (χ0v) is 15.9. The van der Waals surface area contributed by atoms with E-state index in [1.54, 1.807) is 18.6 Å². The Morgan fingerprint density at radius 2 is 1.81 bits per heavy atom. The summed E-state index contributed by atoms with van der Waals surface area (Å²) >= 11 is 0. The van der Waals surface area contributed by atoms with Crippen molar-refractivity contribution in [2.45, 2.75) is 31.2 Å². The molecule has 1 aromatic heterocycles. The number of Topliss-reactive ketones (excluding diaryl/α,β-unsaturated/α-hetero) is 1. The second kappa shape index (κ2) is 8.06. The largest absolute Gasteiger partial charge is 0.472 e. The van der Waals surface area contributed by atoms with Gasteiger partial charge in [0.2, 0.25) is 15.9 Å². The Morgan fingerprint density at radius 1 is 1.15 bits per heavy atom. The van der Waals surface area contributed by atoms with Crippen LogP contribution < -0.4 is 5.32 Å². The molecule has 0 atom stereocenters. The third-order valence-electron chi connectivity index (χ3n) is 4.77. The van der Waals surface area contributed by atoms with Crippen molar-refractivity contribution in [3.05, 3.63) is 54.0 Å². The van der Waals surface area contributed by atoms with Crippen LogP contribution >= 0.6 is 0 Å². The molecule has 0 unspecified atom stereocenters. The smallest absolute Gasteiger partial charge is 0.243 e. The van der Waals surface area contributed by atoms with Gasteiger partial charge >= 0.3 is 0 Å². The molecule has 0 aliphatic carbocycles. The van der Waals surface area contributed by atoms with E-state index < -0.39 is 10.0 Å². The number of piperidine rings is 1. The van der Waals surface area contributed by atoms with Crippen molar-refractivity contribution in [2.24, 2.45) is 5.92 Å². The molecule has 3 rings (SSSR count). The Hall–Kier alpha value is -2.45. The van der Waals surface area contributed by atoms with Gasteiger partial charge < -0.3 is 9.73 Å². The third kappa shape index (κ3) is 4.45. The van der Waals surface area contributed by atoms with Crippen molar-refractivity contribution in [3.63, 3.8) is 0 Å². The van der Waals surface area contributed by atoms with Gasteiger partial charge in [-0.2, -0.15) is 4.31 Å². The van der Waals surface area contributed by atoms with Gasteiger partial charge in [0.05, 0.1) is 17.4 Å². The summed E-state index contributed by atoms with van der Waals surface area (Å²) in [6.07, 6.45) is 4.07. The second-order valence-electron chi connectivity index (χ2n) is 6.61. The summed E-state index contributed by atoms with van der Waals surface area (Å²) in [7, 11) is -3.62. The van der Waals surface area contributed by atoms with Gasteiger partial charge in [0.25, 0.3) is 0 Å². The molecule has 1 amide bonds. The van der Waals surface area contributed by atoms with E-state index >= 15 is 0 Å². The molecule has 0 spiro atoms. The zero-order chi connectivity index (χ0) is 19.4. The average Bonchev–Trinajstić information content (AvgIpc) is 3.20. The highest BCUT2D eigenvalue weighted by Gasteiger charge is 2.32. The number of amides is 1. The molecular formula is C19H22N2O5S. The predicted molar refractivity (Wildman–Crippen MR) is 98.5 cm³/mol. The lowest BCUT2D eigenvalue weighted by Crippen LogP contribution is -2.42. The van der Waals surface area contributed by atoms with Crippen LogP contribution in [-0.2, 0) is 21.4 Å². The molecule has 1 aliphatic rings. The lowest BCUT2D eigenvalue weighted by molar-refractivity contribution is -0.126. The molecule has 27 heavy (non-hydrogen) atoms. The van der Waals surface area contributed by atoms with Gasteiger partial charge in [-0.25, -0.2) is 8.42 Å². The number of nitrogens with one attached hydrogen (secondary N) is 1. The van der Waals surface area contributed by atoms with Gasteiger partial charge in [-0.05, 0) is 38.0 Å². The molecule has 2 aromatic rings. The number of hydrogen-bond donors (Lipinski definition) is 1. The molecule has 1 N–H and O–H groups in total. The van der Waals surface area contributed by atoms with Crippen LogP contribution in [-0.4, -0.2) is 37.5 Å². The molecule has 0 bridgehead atoms. The molecule has 0 radical (unpaired) electrons. The number of ketones is 1. The first kappa shape index (κ1) is 19.3. The lowest BCUT2D eigenvalue weighted by Gasteiger charge is -2.30. The summed E-state index contributed by atoms with van der Waals surface area (Å²) in [5.74, 6) is -0.385. The predicted octanol–water partition coefficient (Wildman–Crippen LogP) is 2.20. The first-order valence-corrected chi connectivity index (χ1v) is 10.2. The standard InChI is InChI=1S/C19H22N2O5S/c1-14(22)16-2-4-18(5-3-16)27(24,25)21-9-6-17(7-10-21)19(23)20-12-15-8-11-26-13-15/h2-5,8,11,13,17H,6-7,9-10,12H2,1H3,(H,20,23). The number of nitrogens with zero attached hydrogens (tertiary/aromatic N) is 1. The molecule has 0 saturated carbocycles. The van der Waals surface area contributed by atoms with Crippen molar-refractivity contribution in [3.8, 4) is 0 Å². The quantitative estimate of drug-likeness (QED) is 0.763. The van der Waals surface area contributed by atoms with E-state index in [0.717, 1.165) is 5.56 Å². The maximum absolute atomic E-state index is 12.8. The maximum atomic E-state index is 12.8. The Bertz CT molecular complexity index is 896. The van der Waals surface area contributed by atoms with E-state index in [2.05, 4.69) is 5.32 Å². The van der Waals surface area contributed by atoms with Crippen LogP contribution in [0.3, 0.4) is 0 Å². The molecule has 7 nitrogen and oxygen atoms in total. The minimum atomic E-state index is -3.62. The van der Waals surface area contributed by atoms with Gasteiger partial charge in [0, 0.05) is 36.7 Å². The first-order valence-electron chi connectivity index (χ1n) is 8.78. The van der Waals surface area contributed by atoms with Gasteiger partial charge in [0.1, 0.15) is 0 Å². The topological polar surface area (TPSA) is 96.7 Å². The van der Waals surface area contributed by atoms with Crippen molar-refractivity contribution >= 4 is 21.7 Å². The normalized spacial score (nSPS) is 16.2. The fourth-order valence-corrected chi connectivity index (χ4v) is 4.57. The Balaban J connectivity index is 1.57. The Morgan fingerprint density at radius 3 is 2.37 bits per heavy atom. The highest BCUT2D eigenvalue weighted by molar-refractivity contribution is 7.89.